The van der Waals surface area contributed by atoms with Crippen molar-refractivity contribution in [3.8, 4) is 0 Å². The predicted molar refractivity (Wildman–Crippen MR) is 74.6 cm³/mol. The van der Waals surface area contributed by atoms with Gasteiger partial charge in [-0.2, -0.15) is 0 Å². The van der Waals surface area contributed by atoms with E-state index in [2.05, 4.69) is 4.98 Å². The molecule has 106 valence electrons. The number of sulfone groups is 1. The number of hydrogen-bond acceptors (Lipinski definition) is 4. The Morgan fingerprint density at radius 1 is 1.47 bits per heavy atom. The highest BCUT2D eigenvalue weighted by Gasteiger charge is 2.20. The van der Waals surface area contributed by atoms with Crippen LogP contribution in [0.2, 0.25) is 0 Å². The fourth-order valence-electron chi connectivity index (χ4n) is 1.72. The van der Waals surface area contributed by atoms with Gasteiger partial charge >= 0.3 is 0 Å². The topological polar surface area (TPSA) is 67.3 Å². The number of nitrogens with zero attached hydrogens (tertiary/aromatic N) is 2. The largest absolute Gasteiger partial charge is 0.342 e. The van der Waals surface area contributed by atoms with Crippen molar-refractivity contribution < 1.29 is 13.2 Å². The molecule has 5 nitrogen and oxygen atoms in total. The Labute approximate surface area is 114 Å². The van der Waals surface area contributed by atoms with Gasteiger partial charge in [-0.15, -0.1) is 0 Å². The predicted octanol–water partition coefficient (Wildman–Crippen LogP) is 0.824. The van der Waals surface area contributed by atoms with Crippen LogP contribution in [0.5, 0.6) is 0 Å². The highest BCUT2D eigenvalue weighted by molar-refractivity contribution is 7.91. The Kier molecular flexibility index (Phi) is 5.05. The molecule has 0 aliphatic rings. The molecule has 0 aliphatic heterocycles. The maximum absolute atomic E-state index is 11.8. The van der Waals surface area contributed by atoms with Gasteiger partial charge in [-0.25, -0.2) is 8.42 Å². The molecule has 0 saturated heterocycles. The van der Waals surface area contributed by atoms with Crippen LogP contribution in [-0.2, 0) is 21.1 Å². The van der Waals surface area contributed by atoms with Gasteiger partial charge in [0, 0.05) is 37.7 Å². The highest BCUT2D eigenvalue weighted by atomic mass is 32.2. The number of rotatable bonds is 5. The molecule has 0 spiro atoms. The summed E-state index contributed by atoms with van der Waals surface area (Å²) in [6, 6.07) is 3.78. The maximum atomic E-state index is 11.8. The van der Waals surface area contributed by atoms with Crippen molar-refractivity contribution in [2.75, 3.05) is 19.1 Å². The third kappa shape index (κ3) is 5.38. The summed E-state index contributed by atoms with van der Waals surface area (Å²) in [6.07, 6.45) is 3.40. The van der Waals surface area contributed by atoms with E-state index in [1.807, 2.05) is 26.0 Å². The van der Waals surface area contributed by atoms with Crippen molar-refractivity contribution in [1.29, 1.82) is 0 Å². The van der Waals surface area contributed by atoms with Crippen molar-refractivity contribution in [3.63, 3.8) is 0 Å². The Morgan fingerprint density at radius 3 is 2.63 bits per heavy atom. The summed E-state index contributed by atoms with van der Waals surface area (Å²) in [6.45, 7) is 3.86. The zero-order valence-electron chi connectivity index (χ0n) is 11.8. The molecule has 0 saturated carbocycles. The summed E-state index contributed by atoms with van der Waals surface area (Å²) < 4.78 is 22.2. The van der Waals surface area contributed by atoms with Crippen molar-refractivity contribution >= 4 is 15.7 Å². The van der Waals surface area contributed by atoms with Gasteiger partial charge in [0.2, 0.25) is 5.91 Å². The van der Waals surface area contributed by atoms with Crippen molar-refractivity contribution in [2.24, 2.45) is 0 Å². The molecule has 0 unspecified atom stereocenters. The van der Waals surface area contributed by atoms with E-state index in [4.69, 9.17) is 0 Å². The Bertz CT molecular complexity index is 555. The van der Waals surface area contributed by atoms with Crippen LogP contribution in [0, 0.1) is 6.92 Å². The molecule has 1 amide bonds. The second kappa shape index (κ2) is 6.14. The van der Waals surface area contributed by atoms with E-state index in [0.717, 1.165) is 17.5 Å². The van der Waals surface area contributed by atoms with Gasteiger partial charge in [-0.1, -0.05) is 0 Å². The van der Waals surface area contributed by atoms with Crippen LogP contribution < -0.4 is 0 Å². The maximum Gasteiger partial charge on any atom is 0.237 e. The lowest BCUT2D eigenvalue weighted by atomic mass is 10.1. The second-order valence-corrected chi connectivity index (χ2v) is 7.09. The van der Waals surface area contributed by atoms with Crippen LogP contribution >= 0.6 is 0 Å². The first-order valence-corrected chi connectivity index (χ1v) is 8.10. The minimum Gasteiger partial charge on any atom is -0.342 e. The molecule has 0 bridgehead atoms. The molecule has 1 rings (SSSR count). The Hall–Kier alpha value is -1.43. The molecule has 0 fully saturated rings. The first-order chi connectivity index (χ1) is 8.69. The summed E-state index contributed by atoms with van der Waals surface area (Å²) in [5.74, 6) is -0.836. The monoisotopic (exact) mass is 284 g/mol. The normalized spacial score (nSPS) is 13.1. The molecule has 1 aromatic heterocycles. The van der Waals surface area contributed by atoms with E-state index < -0.39 is 15.6 Å². The van der Waals surface area contributed by atoms with Gasteiger partial charge in [0.05, 0.1) is 0 Å². The van der Waals surface area contributed by atoms with Gasteiger partial charge in [-0.05, 0) is 31.5 Å². The van der Waals surface area contributed by atoms with Crippen LogP contribution in [0.1, 0.15) is 18.2 Å². The summed E-state index contributed by atoms with van der Waals surface area (Å²) in [5.41, 5.74) is 2.01. The van der Waals surface area contributed by atoms with Crippen LogP contribution in [0.3, 0.4) is 0 Å². The van der Waals surface area contributed by atoms with Crippen LogP contribution in [0.25, 0.3) is 0 Å². The van der Waals surface area contributed by atoms with Crippen molar-refractivity contribution in [3.05, 3.63) is 29.6 Å². The number of hydrogen-bond donors (Lipinski definition) is 0. The first kappa shape index (κ1) is 15.6. The minimum atomic E-state index is -3.29. The summed E-state index contributed by atoms with van der Waals surface area (Å²) in [5, 5.41) is 0. The molecule has 0 radical (unpaired) electrons. The second-order valence-electron chi connectivity index (χ2n) is 4.95. The number of likely N-dealkylation sites (N-methyl/N-ethyl adjacent to an activating group) is 1. The summed E-state index contributed by atoms with van der Waals surface area (Å²) in [4.78, 5) is 17.5. The zero-order valence-corrected chi connectivity index (χ0v) is 12.6. The molecule has 0 N–H and O–H groups in total. The molecular weight excluding hydrogens is 264 g/mol. The SMILES string of the molecule is Cc1ccnc(C[C@@H](C)N(C)C(=O)CS(C)(=O)=O)c1. The van der Waals surface area contributed by atoms with E-state index in [-0.39, 0.29) is 11.9 Å². The molecule has 19 heavy (non-hydrogen) atoms. The molecular formula is C13H20N2O3S. The molecule has 0 aromatic carbocycles. The van der Waals surface area contributed by atoms with E-state index in [9.17, 15) is 13.2 Å². The lowest BCUT2D eigenvalue weighted by Crippen LogP contribution is -2.39. The van der Waals surface area contributed by atoms with Gasteiger partial charge in [-0.3, -0.25) is 9.78 Å². The fraction of sp³-hybridized carbons (Fsp3) is 0.538. The molecule has 1 atom stereocenters. The third-order valence-electron chi connectivity index (χ3n) is 2.92. The summed E-state index contributed by atoms with van der Waals surface area (Å²) >= 11 is 0. The Balaban J connectivity index is 2.67. The van der Waals surface area contributed by atoms with Crippen LogP contribution in [-0.4, -0.2) is 49.3 Å². The van der Waals surface area contributed by atoms with Gasteiger partial charge in [0.15, 0.2) is 9.84 Å². The lowest BCUT2D eigenvalue weighted by molar-refractivity contribution is -0.128. The van der Waals surface area contributed by atoms with E-state index in [1.165, 1.54) is 4.90 Å². The van der Waals surface area contributed by atoms with Crippen molar-refractivity contribution in [2.45, 2.75) is 26.3 Å². The molecule has 0 aliphatic carbocycles. The Morgan fingerprint density at radius 2 is 2.11 bits per heavy atom. The van der Waals surface area contributed by atoms with Gasteiger partial charge in [0.1, 0.15) is 5.75 Å². The van der Waals surface area contributed by atoms with Crippen LogP contribution in [0.15, 0.2) is 18.3 Å². The van der Waals surface area contributed by atoms with Crippen molar-refractivity contribution in [1.82, 2.24) is 9.88 Å². The zero-order chi connectivity index (χ0) is 14.6. The molecule has 6 heteroatoms. The average Bonchev–Trinajstić information content (AvgIpc) is 2.25. The number of pyridine rings is 1. The lowest BCUT2D eigenvalue weighted by Gasteiger charge is -2.24. The van der Waals surface area contributed by atoms with E-state index in [1.54, 1.807) is 13.2 Å². The summed E-state index contributed by atoms with van der Waals surface area (Å²) in [7, 11) is -1.67. The molecule has 1 aromatic rings. The third-order valence-corrected chi connectivity index (χ3v) is 3.69. The van der Waals surface area contributed by atoms with E-state index in [0.29, 0.717) is 6.42 Å². The number of aromatic nitrogens is 1. The average molecular weight is 284 g/mol. The number of amides is 1. The molecule has 1 heterocycles. The quantitative estimate of drug-likeness (QED) is 0.803. The van der Waals surface area contributed by atoms with Gasteiger partial charge in [0.25, 0.3) is 0 Å². The fourth-order valence-corrected chi connectivity index (χ4v) is 2.37. The highest BCUT2D eigenvalue weighted by Crippen LogP contribution is 2.08. The standard InChI is InChI=1S/C13H20N2O3S/c1-10-5-6-14-12(7-10)8-11(2)15(3)13(16)9-19(4,17)18/h5-7,11H,8-9H2,1-4H3/t11-/m1/s1. The number of carbonyl (C=O) groups excluding carboxylic acids is 1. The van der Waals surface area contributed by atoms with E-state index >= 15 is 0 Å². The minimum absolute atomic E-state index is 0.0939. The number of carbonyl (C=O) groups is 1. The van der Waals surface area contributed by atoms with Gasteiger partial charge < -0.3 is 4.90 Å². The smallest absolute Gasteiger partial charge is 0.237 e. The first-order valence-electron chi connectivity index (χ1n) is 6.04. The number of aryl methyl sites for hydroxylation is 1. The van der Waals surface area contributed by atoms with Crippen LogP contribution in [0.4, 0.5) is 0 Å².